The Kier molecular flexibility index (Phi) is 11.7. The standard InChI is InChI=1S/C35H37Cl2N3O4S/c1-4-21-38-35(42)32(22-27-9-6-5-7-10-27)39(23-28-17-13-25(2)14-18-28)33(41)24-40(31-12-8-11-30(36)34(31)37)45(43,44)29-19-15-26(3)16-20-29/h5-20,32H,4,21-24H2,1-3H3,(H,38,42). The van der Waals surface area contributed by atoms with Gasteiger partial charge in [0.15, 0.2) is 0 Å². The van der Waals surface area contributed by atoms with Gasteiger partial charge in [0.2, 0.25) is 11.8 Å². The minimum Gasteiger partial charge on any atom is -0.354 e. The fourth-order valence-corrected chi connectivity index (χ4v) is 6.72. The smallest absolute Gasteiger partial charge is 0.264 e. The number of hydrogen-bond donors (Lipinski definition) is 1. The van der Waals surface area contributed by atoms with Crippen molar-refractivity contribution >= 4 is 50.7 Å². The maximum absolute atomic E-state index is 14.5. The van der Waals surface area contributed by atoms with Crippen LogP contribution < -0.4 is 9.62 Å². The monoisotopic (exact) mass is 665 g/mol. The molecule has 0 aliphatic rings. The Morgan fingerprint density at radius 2 is 1.42 bits per heavy atom. The molecule has 45 heavy (non-hydrogen) atoms. The molecule has 7 nitrogen and oxygen atoms in total. The van der Waals surface area contributed by atoms with E-state index in [4.69, 9.17) is 23.2 Å². The third-order valence-corrected chi connectivity index (χ3v) is 9.96. The highest BCUT2D eigenvalue weighted by molar-refractivity contribution is 7.92. The zero-order valence-electron chi connectivity index (χ0n) is 25.5. The topological polar surface area (TPSA) is 86.8 Å². The molecule has 0 saturated heterocycles. The van der Waals surface area contributed by atoms with Gasteiger partial charge in [-0.05, 0) is 55.7 Å². The summed E-state index contributed by atoms with van der Waals surface area (Å²) < 4.78 is 29.3. The van der Waals surface area contributed by atoms with Crippen LogP contribution in [0.15, 0.2) is 102 Å². The van der Waals surface area contributed by atoms with Gasteiger partial charge in [-0.3, -0.25) is 13.9 Å². The van der Waals surface area contributed by atoms with Gasteiger partial charge >= 0.3 is 0 Å². The summed E-state index contributed by atoms with van der Waals surface area (Å²) in [4.78, 5) is 29.7. The zero-order valence-corrected chi connectivity index (χ0v) is 27.9. The van der Waals surface area contributed by atoms with Crippen molar-refractivity contribution in [3.05, 3.63) is 129 Å². The molecule has 1 atom stereocenters. The van der Waals surface area contributed by atoms with Crippen LogP contribution in [0.2, 0.25) is 10.0 Å². The number of rotatable bonds is 13. The second-order valence-electron chi connectivity index (χ2n) is 10.9. The normalized spacial score (nSPS) is 11.9. The average Bonchev–Trinajstić information content (AvgIpc) is 3.03. The van der Waals surface area contributed by atoms with E-state index < -0.39 is 28.5 Å². The lowest BCUT2D eigenvalue weighted by Crippen LogP contribution is -2.53. The van der Waals surface area contributed by atoms with Gasteiger partial charge in [0.05, 0.1) is 20.6 Å². The lowest BCUT2D eigenvalue weighted by molar-refractivity contribution is -0.140. The van der Waals surface area contributed by atoms with Gasteiger partial charge < -0.3 is 10.2 Å². The van der Waals surface area contributed by atoms with Crippen LogP contribution in [-0.2, 0) is 32.6 Å². The first-order valence-corrected chi connectivity index (χ1v) is 16.9. The van der Waals surface area contributed by atoms with E-state index >= 15 is 0 Å². The number of nitrogens with zero attached hydrogens (tertiary/aromatic N) is 2. The molecular formula is C35H37Cl2N3O4S. The molecule has 0 radical (unpaired) electrons. The molecule has 10 heteroatoms. The summed E-state index contributed by atoms with van der Waals surface area (Å²) in [5.41, 5.74) is 3.64. The van der Waals surface area contributed by atoms with Gasteiger partial charge in [0.25, 0.3) is 10.0 Å². The fourth-order valence-electron chi connectivity index (χ4n) is 4.85. The zero-order chi connectivity index (χ0) is 32.6. The first-order valence-electron chi connectivity index (χ1n) is 14.7. The molecule has 0 aromatic heterocycles. The fraction of sp³-hybridized carbons (Fsp3) is 0.257. The number of nitrogens with one attached hydrogen (secondary N) is 1. The molecule has 0 bridgehead atoms. The van der Waals surface area contributed by atoms with Crippen molar-refractivity contribution in [3.63, 3.8) is 0 Å². The van der Waals surface area contributed by atoms with Crippen LogP contribution >= 0.6 is 23.2 Å². The minimum atomic E-state index is -4.29. The summed E-state index contributed by atoms with van der Waals surface area (Å²) in [6.45, 7) is 5.66. The molecule has 0 aliphatic heterocycles. The number of benzene rings is 4. The van der Waals surface area contributed by atoms with Gasteiger partial charge in [-0.2, -0.15) is 0 Å². The second kappa shape index (κ2) is 15.4. The molecule has 0 fully saturated rings. The van der Waals surface area contributed by atoms with Crippen LogP contribution in [0.4, 0.5) is 5.69 Å². The van der Waals surface area contributed by atoms with Crippen LogP contribution in [0.25, 0.3) is 0 Å². The van der Waals surface area contributed by atoms with Gasteiger partial charge in [-0.15, -0.1) is 0 Å². The second-order valence-corrected chi connectivity index (χ2v) is 13.5. The highest BCUT2D eigenvalue weighted by atomic mass is 35.5. The molecule has 0 saturated carbocycles. The molecule has 236 valence electrons. The Balaban J connectivity index is 1.82. The van der Waals surface area contributed by atoms with Gasteiger partial charge in [-0.1, -0.05) is 114 Å². The van der Waals surface area contributed by atoms with Crippen molar-refractivity contribution in [1.82, 2.24) is 10.2 Å². The van der Waals surface area contributed by atoms with E-state index in [1.54, 1.807) is 24.3 Å². The first-order chi connectivity index (χ1) is 21.5. The molecule has 4 aromatic carbocycles. The van der Waals surface area contributed by atoms with Gasteiger partial charge in [0, 0.05) is 19.5 Å². The third kappa shape index (κ3) is 8.66. The van der Waals surface area contributed by atoms with Crippen molar-refractivity contribution in [2.75, 3.05) is 17.4 Å². The van der Waals surface area contributed by atoms with Gasteiger partial charge in [-0.25, -0.2) is 8.42 Å². The number of carbonyl (C=O) groups excluding carboxylic acids is 2. The van der Waals surface area contributed by atoms with E-state index in [2.05, 4.69) is 5.32 Å². The largest absolute Gasteiger partial charge is 0.354 e. The molecular weight excluding hydrogens is 629 g/mol. The van der Waals surface area contributed by atoms with E-state index in [-0.39, 0.29) is 39.5 Å². The van der Waals surface area contributed by atoms with E-state index in [1.807, 2.05) is 75.4 Å². The number of amides is 2. The Morgan fingerprint density at radius 1 is 0.800 bits per heavy atom. The number of carbonyl (C=O) groups is 2. The molecule has 0 aliphatic carbocycles. The molecule has 0 spiro atoms. The van der Waals surface area contributed by atoms with Crippen molar-refractivity contribution < 1.29 is 18.0 Å². The maximum atomic E-state index is 14.5. The molecule has 4 rings (SSSR count). The van der Waals surface area contributed by atoms with Crippen LogP contribution in [-0.4, -0.2) is 44.3 Å². The molecule has 1 unspecified atom stereocenters. The van der Waals surface area contributed by atoms with Crippen molar-refractivity contribution in [3.8, 4) is 0 Å². The summed E-state index contributed by atoms with van der Waals surface area (Å²) >= 11 is 12.9. The maximum Gasteiger partial charge on any atom is 0.264 e. The average molecular weight is 667 g/mol. The molecule has 2 amide bonds. The third-order valence-electron chi connectivity index (χ3n) is 7.38. The highest BCUT2D eigenvalue weighted by Crippen LogP contribution is 2.35. The highest BCUT2D eigenvalue weighted by Gasteiger charge is 2.35. The van der Waals surface area contributed by atoms with Crippen LogP contribution in [0.5, 0.6) is 0 Å². The van der Waals surface area contributed by atoms with Crippen LogP contribution in [0.1, 0.15) is 35.6 Å². The molecule has 1 N–H and O–H groups in total. The SMILES string of the molecule is CCCNC(=O)C(Cc1ccccc1)N(Cc1ccc(C)cc1)C(=O)CN(c1cccc(Cl)c1Cl)S(=O)(=O)c1ccc(C)cc1. The Bertz CT molecular complexity index is 1710. The Hall–Kier alpha value is -3.85. The van der Waals surface area contributed by atoms with E-state index in [9.17, 15) is 18.0 Å². The number of aryl methyl sites for hydroxylation is 2. The minimum absolute atomic E-state index is 0.00531. The van der Waals surface area contributed by atoms with Crippen molar-refractivity contribution in [2.24, 2.45) is 0 Å². The number of hydrogen-bond acceptors (Lipinski definition) is 4. The van der Waals surface area contributed by atoms with Crippen LogP contribution in [0.3, 0.4) is 0 Å². The first kappa shape index (κ1) is 34.0. The summed E-state index contributed by atoms with van der Waals surface area (Å²) in [5.74, 6) is -0.898. The van der Waals surface area contributed by atoms with Crippen LogP contribution in [0, 0.1) is 13.8 Å². The van der Waals surface area contributed by atoms with E-state index in [0.29, 0.717) is 13.0 Å². The molecule has 4 aromatic rings. The molecule has 0 heterocycles. The van der Waals surface area contributed by atoms with E-state index in [1.165, 1.54) is 23.1 Å². The lowest BCUT2D eigenvalue weighted by Gasteiger charge is -2.34. The summed E-state index contributed by atoms with van der Waals surface area (Å²) in [6.07, 6.45) is 0.947. The summed E-state index contributed by atoms with van der Waals surface area (Å²) in [5, 5.41) is 3.08. The predicted octanol–water partition coefficient (Wildman–Crippen LogP) is 6.97. The summed E-state index contributed by atoms with van der Waals surface area (Å²) in [7, 11) is -4.29. The number of halogens is 2. The predicted molar refractivity (Wildman–Crippen MR) is 181 cm³/mol. The lowest BCUT2D eigenvalue weighted by atomic mass is 10.0. The van der Waals surface area contributed by atoms with Gasteiger partial charge in [0.1, 0.15) is 12.6 Å². The van der Waals surface area contributed by atoms with Crippen molar-refractivity contribution in [2.45, 2.75) is 51.1 Å². The Morgan fingerprint density at radius 3 is 2.04 bits per heavy atom. The number of anilines is 1. The number of sulfonamides is 1. The Labute approximate surface area is 275 Å². The summed E-state index contributed by atoms with van der Waals surface area (Å²) in [6, 6.07) is 27.1. The quantitative estimate of drug-likeness (QED) is 0.167. The van der Waals surface area contributed by atoms with E-state index in [0.717, 1.165) is 26.6 Å². The van der Waals surface area contributed by atoms with Crippen molar-refractivity contribution in [1.29, 1.82) is 0 Å².